The average molecular weight is 402 g/mol. The van der Waals surface area contributed by atoms with Gasteiger partial charge in [-0.1, -0.05) is 23.2 Å². The van der Waals surface area contributed by atoms with Crippen LogP contribution in [0.4, 0.5) is 0 Å². The van der Waals surface area contributed by atoms with Gasteiger partial charge in [0.05, 0.1) is 22.2 Å². The Labute approximate surface area is 159 Å². The van der Waals surface area contributed by atoms with Crippen molar-refractivity contribution in [1.29, 1.82) is 5.41 Å². The first kappa shape index (κ1) is 19.8. The molecular weight excluding hydrogens is 385 g/mol. The van der Waals surface area contributed by atoms with E-state index in [1.165, 1.54) is 23.9 Å². The molecule has 5 nitrogen and oxygen atoms in total. The molecule has 1 aromatic carbocycles. The Kier molecular flexibility index (Phi) is 6.54. The summed E-state index contributed by atoms with van der Waals surface area (Å²) < 4.78 is 4.81. The van der Waals surface area contributed by atoms with Crippen molar-refractivity contribution in [1.82, 2.24) is 0 Å². The first-order valence-corrected chi connectivity index (χ1v) is 9.57. The minimum atomic E-state index is -0.955. The number of esters is 1. The number of halogens is 2. The van der Waals surface area contributed by atoms with Crippen LogP contribution >= 0.6 is 35.0 Å². The van der Waals surface area contributed by atoms with Crippen LogP contribution in [0, 0.1) is 11.3 Å². The van der Waals surface area contributed by atoms with Gasteiger partial charge in [0.25, 0.3) is 0 Å². The molecule has 25 heavy (non-hydrogen) atoms. The number of carbonyl (C=O) groups excluding carboxylic acids is 2. The summed E-state index contributed by atoms with van der Waals surface area (Å²) in [6.07, 6.45) is 3.08. The minimum Gasteiger partial charge on any atom is -0.506 e. The number of ketones is 1. The zero-order valence-corrected chi connectivity index (χ0v) is 16.0. The molecular formula is C17H17Cl2NO4S. The van der Waals surface area contributed by atoms with Gasteiger partial charge in [0, 0.05) is 16.4 Å². The third kappa shape index (κ3) is 4.19. The van der Waals surface area contributed by atoms with Crippen LogP contribution < -0.4 is 0 Å². The van der Waals surface area contributed by atoms with Crippen LogP contribution in [0.5, 0.6) is 0 Å². The lowest BCUT2D eigenvalue weighted by Gasteiger charge is -2.14. The van der Waals surface area contributed by atoms with Crippen molar-refractivity contribution in [3.63, 3.8) is 0 Å². The van der Waals surface area contributed by atoms with Crippen molar-refractivity contribution >= 4 is 58.2 Å². The molecule has 0 amide bonds. The van der Waals surface area contributed by atoms with Gasteiger partial charge >= 0.3 is 5.97 Å². The SMILES string of the molecule is CCOC(=O)C(=N)/C(C(=O)C1CC1)=C(\O)c1ccc(Cl)c(Cl)c1SC. The topological polar surface area (TPSA) is 87.5 Å². The molecule has 0 bridgehead atoms. The zero-order valence-electron chi connectivity index (χ0n) is 13.7. The third-order valence-corrected chi connectivity index (χ3v) is 5.42. The van der Waals surface area contributed by atoms with Crippen molar-refractivity contribution in [3.8, 4) is 0 Å². The number of benzene rings is 1. The lowest BCUT2D eigenvalue weighted by molar-refractivity contribution is -0.135. The summed E-state index contributed by atoms with van der Waals surface area (Å²) >= 11 is 13.4. The summed E-state index contributed by atoms with van der Waals surface area (Å²) in [4.78, 5) is 25.0. The van der Waals surface area contributed by atoms with Crippen LogP contribution in [0.25, 0.3) is 5.76 Å². The van der Waals surface area contributed by atoms with E-state index in [9.17, 15) is 14.7 Å². The first-order valence-electron chi connectivity index (χ1n) is 7.59. The maximum absolute atomic E-state index is 12.6. The zero-order chi connectivity index (χ0) is 18.7. The Morgan fingerprint density at radius 3 is 2.52 bits per heavy atom. The maximum Gasteiger partial charge on any atom is 0.357 e. The molecule has 0 aromatic heterocycles. The Morgan fingerprint density at radius 2 is 2.00 bits per heavy atom. The molecule has 0 unspecified atom stereocenters. The van der Waals surface area contributed by atoms with Gasteiger partial charge in [0.15, 0.2) is 11.5 Å². The van der Waals surface area contributed by atoms with E-state index in [2.05, 4.69) is 0 Å². The predicted molar refractivity (Wildman–Crippen MR) is 99.9 cm³/mol. The molecule has 8 heteroatoms. The number of nitrogens with one attached hydrogen (secondary N) is 1. The molecule has 0 spiro atoms. The summed E-state index contributed by atoms with van der Waals surface area (Å²) in [5, 5.41) is 19.3. The highest BCUT2D eigenvalue weighted by atomic mass is 35.5. The van der Waals surface area contributed by atoms with E-state index >= 15 is 0 Å². The van der Waals surface area contributed by atoms with Crippen LogP contribution in [-0.4, -0.2) is 35.4 Å². The van der Waals surface area contributed by atoms with Gasteiger partial charge in [-0.05, 0) is 38.2 Å². The number of thioether (sulfide) groups is 1. The van der Waals surface area contributed by atoms with Crippen LogP contribution in [0.15, 0.2) is 22.6 Å². The second kappa shape index (κ2) is 8.25. The number of rotatable bonds is 7. The lowest BCUT2D eigenvalue weighted by Crippen LogP contribution is -2.25. The van der Waals surface area contributed by atoms with E-state index in [1.54, 1.807) is 13.2 Å². The summed E-state index contributed by atoms with van der Waals surface area (Å²) in [6, 6.07) is 3.00. The molecule has 0 atom stereocenters. The lowest BCUT2D eigenvalue weighted by atomic mass is 9.97. The van der Waals surface area contributed by atoms with Gasteiger partial charge in [0.1, 0.15) is 5.76 Å². The normalized spacial score (nSPS) is 14.7. The minimum absolute atomic E-state index is 0.0652. The van der Waals surface area contributed by atoms with Crippen LogP contribution in [0.2, 0.25) is 10.0 Å². The van der Waals surface area contributed by atoms with Gasteiger partial charge in [-0.2, -0.15) is 0 Å². The highest BCUT2D eigenvalue weighted by Crippen LogP contribution is 2.40. The standard InChI is InChI=1S/C17H17Cl2NO4S/c1-3-24-17(23)13(20)11(14(21)8-4-5-8)15(22)9-6-7-10(18)12(19)16(9)25-2/h6-8,20,22H,3-5H2,1-2H3/b15-11+,20-13?. The molecule has 0 aliphatic heterocycles. The second-order valence-electron chi connectivity index (χ2n) is 5.40. The fourth-order valence-electron chi connectivity index (χ4n) is 2.27. The molecule has 0 saturated heterocycles. The van der Waals surface area contributed by atoms with Crippen LogP contribution in [0.1, 0.15) is 25.3 Å². The molecule has 1 saturated carbocycles. The number of aliphatic hydroxyl groups is 1. The molecule has 1 aliphatic carbocycles. The molecule has 1 aromatic rings. The van der Waals surface area contributed by atoms with Crippen molar-refractivity contribution in [3.05, 3.63) is 33.3 Å². The number of Topliss-reactive ketones (excluding diaryl/α,β-unsaturated/α-hetero) is 1. The van der Waals surface area contributed by atoms with Gasteiger partial charge in [-0.3, -0.25) is 10.2 Å². The fraction of sp³-hybridized carbons (Fsp3) is 0.353. The van der Waals surface area contributed by atoms with Crippen molar-refractivity contribution in [2.24, 2.45) is 5.92 Å². The average Bonchev–Trinajstić information content (AvgIpc) is 3.42. The number of carbonyl (C=O) groups is 2. The summed E-state index contributed by atoms with van der Waals surface area (Å²) in [6.45, 7) is 1.66. The first-order chi connectivity index (χ1) is 11.8. The molecule has 2 N–H and O–H groups in total. The van der Waals surface area contributed by atoms with E-state index in [0.717, 1.165) is 0 Å². The third-order valence-electron chi connectivity index (χ3n) is 3.67. The van der Waals surface area contributed by atoms with Crippen molar-refractivity contribution < 1.29 is 19.4 Å². The number of hydrogen-bond donors (Lipinski definition) is 2. The van der Waals surface area contributed by atoms with E-state index in [1.807, 2.05) is 0 Å². The molecule has 1 fully saturated rings. The predicted octanol–water partition coefficient (Wildman–Crippen LogP) is 4.55. The van der Waals surface area contributed by atoms with Crippen molar-refractivity contribution in [2.45, 2.75) is 24.7 Å². The summed E-state index contributed by atoms with van der Waals surface area (Å²) in [5.74, 6) is -2.14. The highest BCUT2D eigenvalue weighted by Gasteiger charge is 2.38. The van der Waals surface area contributed by atoms with Gasteiger partial charge < -0.3 is 9.84 Å². The molecule has 0 radical (unpaired) electrons. The molecule has 2 rings (SSSR count). The Balaban J connectivity index is 2.62. The smallest absolute Gasteiger partial charge is 0.357 e. The highest BCUT2D eigenvalue weighted by molar-refractivity contribution is 7.98. The molecule has 1 aliphatic rings. The van der Waals surface area contributed by atoms with Crippen molar-refractivity contribution in [2.75, 3.05) is 12.9 Å². The fourth-order valence-corrected chi connectivity index (χ4v) is 3.55. The number of hydrogen-bond acceptors (Lipinski definition) is 6. The van der Waals surface area contributed by atoms with E-state index in [0.29, 0.717) is 22.8 Å². The largest absolute Gasteiger partial charge is 0.506 e. The quantitative estimate of drug-likeness (QED) is 0.230. The Hall–Kier alpha value is -1.50. The Morgan fingerprint density at radius 1 is 1.36 bits per heavy atom. The number of ether oxygens (including phenoxy) is 1. The summed E-state index contributed by atoms with van der Waals surface area (Å²) in [7, 11) is 0. The molecule has 0 heterocycles. The maximum atomic E-state index is 12.6. The van der Waals surface area contributed by atoms with Gasteiger partial charge in [-0.15, -0.1) is 11.8 Å². The van der Waals surface area contributed by atoms with E-state index < -0.39 is 23.2 Å². The van der Waals surface area contributed by atoms with E-state index in [-0.39, 0.29) is 28.7 Å². The van der Waals surface area contributed by atoms with Crippen LogP contribution in [-0.2, 0) is 14.3 Å². The number of aliphatic hydroxyl groups excluding tert-OH is 1. The Bertz CT molecular complexity index is 772. The van der Waals surface area contributed by atoms with E-state index in [4.69, 9.17) is 33.3 Å². The second-order valence-corrected chi connectivity index (χ2v) is 7.00. The summed E-state index contributed by atoms with van der Waals surface area (Å²) in [5.41, 5.74) is -0.746. The van der Waals surface area contributed by atoms with Gasteiger partial charge in [-0.25, -0.2) is 4.79 Å². The molecule has 134 valence electrons. The van der Waals surface area contributed by atoms with Crippen LogP contribution in [0.3, 0.4) is 0 Å². The van der Waals surface area contributed by atoms with Gasteiger partial charge in [0.2, 0.25) is 0 Å². The monoisotopic (exact) mass is 401 g/mol.